The lowest BCUT2D eigenvalue weighted by Crippen LogP contribution is -2.48. The van der Waals surface area contributed by atoms with Gasteiger partial charge in [-0.15, -0.1) is 0 Å². The predicted octanol–water partition coefficient (Wildman–Crippen LogP) is 5.52. The van der Waals surface area contributed by atoms with E-state index in [-0.39, 0.29) is 43.7 Å². The fourth-order valence-corrected chi connectivity index (χ4v) is 6.34. The first kappa shape index (κ1) is 35.5. The Morgan fingerprint density at radius 2 is 1.65 bits per heavy atom. The van der Waals surface area contributed by atoms with Crippen LogP contribution in [0, 0.1) is 5.92 Å². The summed E-state index contributed by atoms with van der Waals surface area (Å²) in [7, 11) is 1.94. The first-order chi connectivity index (χ1) is 22.9. The van der Waals surface area contributed by atoms with Crippen LogP contribution in [0.5, 0.6) is 0 Å². The molecule has 0 bridgehead atoms. The Morgan fingerprint density at radius 1 is 1.00 bits per heavy atom. The second kappa shape index (κ2) is 15.2. The molecule has 12 heteroatoms. The molecule has 2 aliphatic heterocycles. The van der Waals surface area contributed by atoms with E-state index in [0.29, 0.717) is 29.1 Å². The number of hydrogen-bond donors (Lipinski definition) is 3. The van der Waals surface area contributed by atoms with Crippen LogP contribution in [0.25, 0.3) is 0 Å². The normalized spacial score (nSPS) is 24.4. The standard InChI is InChI=1S/C36H42F3N3O6/c1-22-30(20-41(3)23(2)31(44)25-8-5-4-6-9-25)47-34(48-32(22)26-13-11-24(21-43)12-14-26)27-15-17-28(18-16-27)40-33(45)29-10-7-19-42(29)35(46)36(37,38)39/h4-6,8-9,11-18,22-23,29-32,34,43-44H,7,10,19-21H2,1-3H3,(H,40,45)/t22-,23+,29+,30+,31+,32+,34+/m1/s1. The van der Waals surface area contributed by atoms with Crippen molar-refractivity contribution >= 4 is 17.5 Å². The lowest BCUT2D eigenvalue weighted by atomic mass is 9.89. The number of nitrogens with one attached hydrogen (secondary N) is 1. The number of aliphatic hydroxyl groups excluding tert-OH is 2. The lowest BCUT2D eigenvalue weighted by molar-refractivity contribution is -0.276. The molecule has 2 amide bonds. The molecule has 3 aromatic rings. The van der Waals surface area contributed by atoms with E-state index >= 15 is 0 Å². The summed E-state index contributed by atoms with van der Waals surface area (Å²) in [5.74, 6) is -2.80. The van der Waals surface area contributed by atoms with E-state index in [1.807, 2.05) is 75.5 Å². The van der Waals surface area contributed by atoms with Crippen molar-refractivity contribution in [3.8, 4) is 0 Å². The van der Waals surface area contributed by atoms with Crippen LogP contribution in [-0.2, 0) is 25.7 Å². The molecule has 0 unspecified atom stereocenters. The zero-order chi connectivity index (χ0) is 34.6. The van der Waals surface area contributed by atoms with Crippen molar-refractivity contribution in [3.05, 3.63) is 101 Å². The number of rotatable bonds is 10. The monoisotopic (exact) mass is 669 g/mol. The molecule has 258 valence electrons. The lowest BCUT2D eigenvalue weighted by Gasteiger charge is -2.43. The Bertz CT molecular complexity index is 1520. The highest BCUT2D eigenvalue weighted by Gasteiger charge is 2.47. The number of ether oxygens (including phenoxy) is 2. The summed E-state index contributed by atoms with van der Waals surface area (Å²) in [6.07, 6.45) is -6.80. The Morgan fingerprint density at radius 3 is 2.27 bits per heavy atom. The summed E-state index contributed by atoms with van der Waals surface area (Å²) < 4.78 is 52.2. The van der Waals surface area contributed by atoms with Crippen LogP contribution in [0.4, 0.5) is 18.9 Å². The Hall–Kier alpha value is -3.81. The second-order valence-corrected chi connectivity index (χ2v) is 12.6. The van der Waals surface area contributed by atoms with Crippen LogP contribution in [-0.4, -0.2) is 76.3 Å². The van der Waals surface area contributed by atoms with Gasteiger partial charge in [0, 0.05) is 36.3 Å². The van der Waals surface area contributed by atoms with Crippen molar-refractivity contribution < 1.29 is 42.4 Å². The molecule has 7 atom stereocenters. The summed E-state index contributed by atoms with van der Waals surface area (Å²) in [5, 5.41) is 23.3. The minimum atomic E-state index is -5.05. The van der Waals surface area contributed by atoms with Crippen LogP contribution in [0.3, 0.4) is 0 Å². The SMILES string of the molecule is C[C@@H]1[C@H](CN(C)[C@@H](C)[C@H](O)c2ccccc2)O[C@H](c2ccc(NC(=O)[C@@H]3CCCN3C(=O)C(F)(F)F)cc2)O[C@@H]1c1ccc(CO)cc1. The van der Waals surface area contributed by atoms with Gasteiger partial charge in [0.2, 0.25) is 5.91 Å². The molecule has 9 nitrogen and oxygen atoms in total. The molecule has 2 heterocycles. The van der Waals surface area contributed by atoms with Crippen molar-refractivity contribution in [2.75, 3.05) is 25.5 Å². The second-order valence-electron chi connectivity index (χ2n) is 12.6. The summed E-state index contributed by atoms with van der Waals surface area (Å²) >= 11 is 0. The number of nitrogens with zero attached hydrogens (tertiary/aromatic N) is 2. The van der Waals surface area contributed by atoms with Gasteiger partial charge in [-0.3, -0.25) is 14.5 Å². The van der Waals surface area contributed by atoms with Gasteiger partial charge in [-0.1, -0.05) is 73.7 Å². The number of carbonyl (C=O) groups is 2. The van der Waals surface area contributed by atoms with Crippen molar-refractivity contribution in [3.63, 3.8) is 0 Å². The van der Waals surface area contributed by atoms with Gasteiger partial charge in [0.1, 0.15) is 6.04 Å². The van der Waals surface area contributed by atoms with E-state index in [9.17, 15) is 33.0 Å². The number of amides is 2. The molecule has 2 aliphatic rings. The number of likely N-dealkylation sites (N-methyl/N-ethyl adjacent to an activating group) is 1. The maximum Gasteiger partial charge on any atom is 0.471 e. The number of anilines is 1. The van der Waals surface area contributed by atoms with Crippen LogP contribution >= 0.6 is 0 Å². The van der Waals surface area contributed by atoms with Crippen molar-refractivity contribution in [1.82, 2.24) is 9.80 Å². The molecule has 48 heavy (non-hydrogen) atoms. The highest BCUT2D eigenvalue weighted by Crippen LogP contribution is 2.42. The highest BCUT2D eigenvalue weighted by atomic mass is 19.4. The van der Waals surface area contributed by atoms with Crippen LogP contribution in [0.2, 0.25) is 0 Å². The Kier molecular flexibility index (Phi) is 11.2. The number of benzene rings is 3. The number of halogens is 3. The van der Waals surface area contributed by atoms with Crippen molar-refractivity contribution in [2.24, 2.45) is 5.92 Å². The zero-order valence-corrected chi connectivity index (χ0v) is 27.1. The summed E-state index contributed by atoms with van der Waals surface area (Å²) in [6, 6.07) is 22.3. The number of hydrogen-bond acceptors (Lipinski definition) is 7. The smallest absolute Gasteiger partial charge is 0.392 e. The van der Waals surface area contributed by atoms with E-state index in [1.165, 1.54) is 0 Å². The number of carbonyl (C=O) groups excluding carboxylic acids is 2. The van der Waals surface area contributed by atoms with E-state index in [0.717, 1.165) is 16.7 Å². The third-order valence-corrected chi connectivity index (χ3v) is 9.39. The average molecular weight is 670 g/mol. The summed E-state index contributed by atoms with van der Waals surface area (Å²) in [4.78, 5) is 27.4. The number of aliphatic hydroxyl groups is 2. The third kappa shape index (κ3) is 8.07. The number of likely N-dealkylation sites (tertiary alicyclic amines) is 1. The van der Waals surface area contributed by atoms with Crippen molar-refractivity contribution in [2.45, 2.75) is 76.2 Å². The van der Waals surface area contributed by atoms with E-state index < -0.39 is 36.4 Å². The molecular formula is C36H42F3N3O6. The van der Waals surface area contributed by atoms with E-state index in [4.69, 9.17) is 9.47 Å². The molecular weight excluding hydrogens is 627 g/mol. The molecule has 0 spiro atoms. The summed E-state index contributed by atoms with van der Waals surface area (Å²) in [6.45, 7) is 4.28. The quantitative estimate of drug-likeness (QED) is 0.261. The minimum Gasteiger partial charge on any atom is -0.392 e. The largest absolute Gasteiger partial charge is 0.471 e. The number of alkyl halides is 3. The van der Waals surface area contributed by atoms with E-state index in [2.05, 4.69) is 10.2 Å². The molecule has 0 aromatic heterocycles. The molecule has 5 rings (SSSR count). The third-order valence-electron chi connectivity index (χ3n) is 9.39. The first-order valence-electron chi connectivity index (χ1n) is 16.1. The van der Waals surface area contributed by atoms with Gasteiger partial charge in [-0.25, -0.2) is 0 Å². The van der Waals surface area contributed by atoms with Gasteiger partial charge >= 0.3 is 12.1 Å². The molecule has 0 radical (unpaired) electrons. The zero-order valence-electron chi connectivity index (χ0n) is 27.1. The van der Waals surface area contributed by atoms with Gasteiger partial charge in [0.05, 0.1) is 24.9 Å². The molecule has 0 aliphatic carbocycles. The van der Waals surface area contributed by atoms with Gasteiger partial charge < -0.3 is 29.9 Å². The molecule has 3 aromatic carbocycles. The topological polar surface area (TPSA) is 112 Å². The average Bonchev–Trinajstić information content (AvgIpc) is 3.59. The molecule has 0 saturated carbocycles. The molecule has 2 saturated heterocycles. The fourth-order valence-electron chi connectivity index (χ4n) is 6.34. The van der Waals surface area contributed by atoms with E-state index in [1.54, 1.807) is 24.3 Å². The van der Waals surface area contributed by atoms with Crippen molar-refractivity contribution in [1.29, 1.82) is 0 Å². The Labute approximate surface area is 278 Å². The van der Waals surface area contributed by atoms with Gasteiger partial charge in [0.25, 0.3) is 0 Å². The maximum atomic E-state index is 13.1. The Balaban J connectivity index is 1.32. The van der Waals surface area contributed by atoms with Gasteiger partial charge in [-0.2, -0.15) is 13.2 Å². The fraction of sp³-hybridized carbons (Fsp3) is 0.444. The van der Waals surface area contributed by atoms with Gasteiger partial charge in [0.15, 0.2) is 6.29 Å². The molecule has 3 N–H and O–H groups in total. The summed E-state index contributed by atoms with van der Waals surface area (Å²) in [5.41, 5.74) is 3.52. The van der Waals surface area contributed by atoms with Crippen LogP contribution in [0.15, 0.2) is 78.9 Å². The van der Waals surface area contributed by atoms with Crippen LogP contribution < -0.4 is 5.32 Å². The molecule has 2 fully saturated rings. The minimum absolute atomic E-state index is 0.0809. The maximum absolute atomic E-state index is 13.1. The van der Waals surface area contributed by atoms with Crippen LogP contribution in [0.1, 0.15) is 67.4 Å². The van der Waals surface area contributed by atoms with Gasteiger partial charge in [-0.05, 0) is 55.6 Å². The first-order valence-corrected chi connectivity index (χ1v) is 16.1. The predicted molar refractivity (Wildman–Crippen MR) is 172 cm³/mol. The highest BCUT2D eigenvalue weighted by molar-refractivity contribution is 5.98.